The van der Waals surface area contributed by atoms with E-state index < -0.39 is 36.1 Å². The lowest BCUT2D eigenvalue weighted by atomic mass is 10.2. The summed E-state index contributed by atoms with van der Waals surface area (Å²) in [6.07, 6.45) is -1.68. The van der Waals surface area contributed by atoms with Gasteiger partial charge in [-0.25, -0.2) is 5.43 Å². The summed E-state index contributed by atoms with van der Waals surface area (Å²) in [7, 11) is 0. The summed E-state index contributed by atoms with van der Waals surface area (Å²) < 4.78 is 55.1. The lowest BCUT2D eigenvalue weighted by Gasteiger charge is -2.13. The quantitative estimate of drug-likeness (QED) is 0.122. The number of alkyl halides is 3. The number of rotatable bonds is 12. The molecule has 3 aromatic rings. The third kappa shape index (κ3) is 9.70. The van der Waals surface area contributed by atoms with Gasteiger partial charge in [0.25, 0.3) is 5.91 Å². The molecule has 0 atom stereocenters. The number of carbonyl (C=O) groups is 3. The Bertz CT molecular complexity index is 1440. The summed E-state index contributed by atoms with van der Waals surface area (Å²) in [4.78, 5) is 36.5. The average molecular weight is 585 g/mol. The van der Waals surface area contributed by atoms with E-state index in [4.69, 9.17) is 14.2 Å². The van der Waals surface area contributed by atoms with Crippen molar-refractivity contribution in [1.29, 1.82) is 0 Å². The maximum atomic E-state index is 12.9. The van der Waals surface area contributed by atoms with Gasteiger partial charge in [-0.3, -0.25) is 14.4 Å². The molecule has 3 rings (SSSR count). The first-order chi connectivity index (χ1) is 20.1. The molecule has 13 heteroatoms. The van der Waals surface area contributed by atoms with E-state index in [0.29, 0.717) is 23.6 Å². The second-order valence-corrected chi connectivity index (χ2v) is 8.33. The molecule has 10 nitrogen and oxygen atoms in total. The SMILES string of the molecule is C=CCOc1ccc(NC(=O)C(=O)N/N=C\c2ccc(OCC(=O)Nc3cccc(C(F)(F)F)c3)c(OCC)c2)cc1. The minimum absolute atomic E-state index is 0.0301. The van der Waals surface area contributed by atoms with Crippen LogP contribution in [0.1, 0.15) is 18.1 Å². The molecule has 0 aromatic heterocycles. The zero-order valence-electron chi connectivity index (χ0n) is 22.4. The van der Waals surface area contributed by atoms with E-state index in [1.54, 1.807) is 43.3 Å². The van der Waals surface area contributed by atoms with Crippen molar-refractivity contribution in [1.82, 2.24) is 5.43 Å². The van der Waals surface area contributed by atoms with Crippen molar-refractivity contribution < 1.29 is 41.8 Å². The van der Waals surface area contributed by atoms with E-state index in [1.165, 1.54) is 30.5 Å². The highest BCUT2D eigenvalue weighted by atomic mass is 19.4. The smallest absolute Gasteiger partial charge is 0.416 e. The molecule has 3 amide bonds. The van der Waals surface area contributed by atoms with Gasteiger partial charge in [-0.05, 0) is 73.2 Å². The second kappa shape index (κ2) is 14.9. The number of benzene rings is 3. The highest BCUT2D eigenvalue weighted by Gasteiger charge is 2.30. The van der Waals surface area contributed by atoms with Crippen molar-refractivity contribution in [2.75, 3.05) is 30.5 Å². The molecule has 220 valence electrons. The number of carbonyl (C=O) groups excluding carboxylic acids is 3. The van der Waals surface area contributed by atoms with Gasteiger partial charge in [0.2, 0.25) is 0 Å². The van der Waals surface area contributed by atoms with Crippen LogP contribution in [0.2, 0.25) is 0 Å². The van der Waals surface area contributed by atoms with Gasteiger partial charge < -0.3 is 24.8 Å². The Kier molecular flexibility index (Phi) is 11.1. The first-order valence-electron chi connectivity index (χ1n) is 12.4. The lowest BCUT2D eigenvalue weighted by Crippen LogP contribution is -2.32. The van der Waals surface area contributed by atoms with Gasteiger partial charge >= 0.3 is 18.0 Å². The molecule has 0 spiro atoms. The number of ether oxygens (including phenoxy) is 3. The Balaban J connectivity index is 1.54. The van der Waals surface area contributed by atoms with E-state index in [9.17, 15) is 27.6 Å². The standard InChI is InChI=1S/C29H27F3N4O6/c1-3-14-41-23-11-9-21(10-12-23)35-27(38)28(39)36-33-17-19-8-13-24(25(15-19)40-4-2)42-18-26(37)34-22-7-5-6-20(16-22)29(30,31)32/h3,5-13,15-17H,1,4,14,18H2,2H3,(H,34,37)(H,35,38)(H,36,39)/b33-17-. The molecule has 0 radical (unpaired) electrons. The topological polar surface area (TPSA) is 127 Å². The molecule has 0 fully saturated rings. The Morgan fingerprint density at radius 2 is 1.64 bits per heavy atom. The first kappa shape index (κ1) is 31.2. The number of hydrogen-bond donors (Lipinski definition) is 3. The molecule has 3 aromatic carbocycles. The highest BCUT2D eigenvalue weighted by molar-refractivity contribution is 6.39. The van der Waals surface area contributed by atoms with Crippen LogP contribution in [0.3, 0.4) is 0 Å². The van der Waals surface area contributed by atoms with Crippen molar-refractivity contribution in [2.24, 2.45) is 5.10 Å². The van der Waals surface area contributed by atoms with Crippen LogP contribution in [0.5, 0.6) is 17.2 Å². The molecule has 0 aliphatic rings. The molecule has 0 saturated heterocycles. The molecule has 0 saturated carbocycles. The van der Waals surface area contributed by atoms with Crippen molar-refractivity contribution in [3.63, 3.8) is 0 Å². The fourth-order valence-electron chi connectivity index (χ4n) is 3.30. The van der Waals surface area contributed by atoms with E-state index in [1.807, 2.05) is 0 Å². The van der Waals surface area contributed by atoms with Crippen LogP contribution >= 0.6 is 0 Å². The molecule has 3 N–H and O–H groups in total. The predicted molar refractivity (Wildman–Crippen MR) is 150 cm³/mol. The largest absolute Gasteiger partial charge is 0.490 e. The Morgan fingerprint density at radius 3 is 2.33 bits per heavy atom. The summed E-state index contributed by atoms with van der Waals surface area (Å²) in [5, 5.41) is 8.56. The zero-order valence-corrected chi connectivity index (χ0v) is 22.4. The number of halogens is 3. The van der Waals surface area contributed by atoms with Crippen LogP contribution in [0.4, 0.5) is 24.5 Å². The molecular formula is C29H27F3N4O6. The van der Waals surface area contributed by atoms with Crippen molar-refractivity contribution in [3.8, 4) is 17.2 Å². The van der Waals surface area contributed by atoms with Gasteiger partial charge in [-0.15, -0.1) is 0 Å². The van der Waals surface area contributed by atoms with Crippen LogP contribution in [-0.2, 0) is 20.6 Å². The van der Waals surface area contributed by atoms with Gasteiger partial charge in [0.1, 0.15) is 12.4 Å². The van der Waals surface area contributed by atoms with Crippen LogP contribution in [0.15, 0.2) is 84.5 Å². The van der Waals surface area contributed by atoms with E-state index >= 15 is 0 Å². The third-order valence-electron chi connectivity index (χ3n) is 5.17. The maximum Gasteiger partial charge on any atom is 0.416 e. The minimum atomic E-state index is -4.54. The summed E-state index contributed by atoms with van der Waals surface area (Å²) >= 11 is 0. The summed E-state index contributed by atoms with van der Waals surface area (Å²) in [6, 6.07) is 15.2. The molecule has 42 heavy (non-hydrogen) atoms. The number of hydrogen-bond acceptors (Lipinski definition) is 7. The second-order valence-electron chi connectivity index (χ2n) is 8.33. The predicted octanol–water partition coefficient (Wildman–Crippen LogP) is 4.78. The number of nitrogens with one attached hydrogen (secondary N) is 3. The van der Waals surface area contributed by atoms with Gasteiger partial charge in [-0.1, -0.05) is 18.7 Å². The summed E-state index contributed by atoms with van der Waals surface area (Å²) in [5.41, 5.74) is 2.04. The van der Waals surface area contributed by atoms with Crippen LogP contribution in [0, 0.1) is 0 Å². The molecule has 0 bridgehead atoms. The van der Waals surface area contributed by atoms with Gasteiger partial charge in [0.15, 0.2) is 18.1 Å². The minimum Gasteiger partial charge on any atom is -0.490 e. The van der Waals surface area contributed by atoms with Gasteiger partial charge in [0.05, 0.1) is 18.4 Å². The normalized spacial score (nSPS) is 11.0. The van der Waals surface area contributed by atoms with E-state index in [2.05, 4.69) is 27.7 Å². The molecule has 0 heterocycles. The first-order valence-corrected chi connectivity index (χ1v) is 12.4. The lowest BCUT2D eigenvalue weighted by molar-refractivity contribution is -0.137. The Hall–Kier alpha value is -5.33. The highest BCUT2D eigenvalue weighted by Crippen LogP contribution is 2.31. The number of nitrogens with zero attached hydrogens (tertiary/aromatic N) is 1. The number of amides is 3. The van der Waals surface area contributed by atoms with Crippen LogP contribution in [-0.4, -0.2) is 43.8 Å². The van der Waals surface area contributed by atoms with Crippen molar-refractivity contribution in [3.05, 3.63) is 90.5 Å². The molecule has 0 aliphatic carbocycles. The fourth-order valence-corrected chi connectivity index (χ4v) is 3.30. The third-order valence-corrected chi connectivity index (χ3v) is 5.17. The molecular weight excluding hydrogens is 557 g/mol. The van der Waals surface area contributed by atoms with E-state index in [-0.39, 0.29) is 23.8 Å². The number of hydrazone groups is 1. The summed E-state index contributed by atoms with van der Waals surface area (Å²) in [6.45, 7) is 5.37. The van der Waals surface area contributed by atoms with Crippen LogP contribution in [0.25, 0.3) is 0 Å². The van der Waals surface area contributed by atoms with Gasteiger partial charge in [-0.2, -0.15) is 18.3 Å². The summed E-state index contributed by atoms with van der Waals surface area (Å²) in [5.74, 6) is -1.61. The van der Waals surface area contributed by atoms with E-state index in [0.717, 1.165) is 12.1 Å². The molecule has 0 unspecified atom stereocenters. The van der Waals surface area contributed by atoms with Crippen molar-refractivity contribution in [2.45, 2.75) is 13.1 Å². The molecule has 0 aliphatic heterocycles. The maximum absolute atomic E-state index is 12.9. The van der Waals surface area contributed by atoms with Gasteiger partial charge in [0, 0.05) is 11.4 Å². The monoisotopic (exact) mass is 584 g/mol. The Labute approximate surface area is 239 Å². The Morgan fingerprint density at radius 1 is 0.881 bits per heavy atom. The number of anilines is 2. The average Bonchev–Trinajstić information content (AvgIpc) is 2.96. The van der Waals surface area contributed by atoms with Crippen molar-refractivity contribution >= 4 is 35.3 Å². The fraction of sp³-hybridized carbons (Fsp3) is 0.172. The zero-order chi connectivity index (χ0) is 30.5. The van der Waals surface area contributed by atoms with Crippen LogP contribution < -0.4 is 30.3 Å².